The summed E-state index contributed by atoms with van der Waals surface area (Å²) in [6.07, 6.45) is 6.83. The molecule has 214 valence electrons. The van der Waals surface area contributed by atoms with Crippen LogP contribution in [0.15, 0.2) is 48.0 Å². The first kappa shape index (κ1) is 27.4. The Morgan fingerprint density at radius 3 is 2.39 bits per heavy atom. The number of allylic oxidation sites excluding steroid dienone is 2. The Bertz CT molecular complexity index is 1560. The number of phenolic OH excluding ortho intramolecular Hbond substituents is 1. The number of fused-ring (bicyclic) bond motifs is 5. The van der Waals surface area contributed by atoms with E-state index in [1.165, 1.54) is 4.90 Å². The highest BCUT2D eigenvalue weighted by Gasteiger charge is 2.76. The molecule has 2 saturated heterocycles. The molecular formula is C31H29BrCl2N2O5. The molecule has 2 aromatic rings. The van der Waals surface area contributed by atoms with E-state index in [1.807, 2.05) is 30.3 Å². The van der Waals surface area contributed by atoms with Gasteiger partial charge in [0.2, 0.25) is 11.8 Å². The van der Waals surface area contributed by atoms with Gasteiger partial charge in [-0.05, 0) is 37.0 Å². The zero-order chi connectivity index (χ0) is 28.8. The topological polar surface area (TPSA) is 95.0 Å². The number of phenols is 1. The zero-order valence-electron chi connectivity index (χ0n) is 22.2. The van der Waals surface area contributed by atoms with Crippen molar-refractivity contribution in [2.24, 2.45) is 17.8 Å². The summed E-state index contributed by atoms with van der Waals surface area (Å²) < 4.78 is 0. The van der Waals surface area contributed by atoms with Gasteiger partial charge in [-0.3, -0.25) is 29.0 Å². The van der Waals surface area contributed by atoms with Crippen LogP contribution < -0.4 is 0 Å². The molecule has 41 heavy (non-hydrogen) atoms. The molecule has 0 aromatic heterocycles. The van der Waals surface area contributed by atoms with Crippen LogP contribution in [0, 0.1) is 17.8 Å². The lowest BCUT2D eigenvalue weighted by atomic mass is 9.56. The molecule has 7 rings (SSSR count). The number of aromatic hydroxyl groups is 1. The van der Waals surface area contributed by atoms with Crippen LogP contribution in [-0.2, 0) is 19.2 Å². The monoisotopic (exact) mass is 658 g/mol. The zero-order valence-corrected chi connectivity index (χ0v) is 25.3. The number of hydrogen-bond donors (Lipinski definition) is 1. The lowest BCUT2D eigenvalue weighted by molar-refractivity contribution is -0.144. The Balaban J connectivity index is 1.41. The highest BCUT2D eigenvalue weighted by molar-refractivity contribution is 9.09. The van der Waals surface area contributed by atoms with Gasteiger partial charge >= 0.3 is 0 Å². The molecular weight excluding hydrogens is 631 g/mol. The normalized spacial score (nSPS) is 35.5. The number of likely N-dealkylation sites (tertiary alicyclic amines) is 2. The number of hydrogen-bond acceptors (Lipinski definition) is 5. The SMILES string of the molecule is O=C1C2CC=C3C(CC4(Cl)C(=O)N(CBr)C(=O)C4(Cl)C3c3ccc4ccccc4c3O)C2C(=O)N1C1CCCCC1. The van der Waals surface area contributed by atoms with E-state index >= 15 is 0 Å². The van der Waals surface area contributed by atoms with Crippen LogP contribution in [0.5, 0.6) is 5.75 Å². The quantitative estimate of drug-likeness (QED) is 0.201. The van der Waals surface area contributed by atoms with E-state index in [2.05, 4.69) is 15.9 Å². The van der Waals surface area contributed by atoms with Crippen LogP contribution in [0.4, 0.5) is 0 Å². The van der Waals surface area contributed by atoms with E-state index < -0.39 is 45.2 Å². The fourth-order valence-corrected chi connectivity index (χ4v) is 9.74. The molecule has 3 aliphatic carbocycles. The summed E-state index contributed by atoms with van der Waals surface area (Å²) in [5.74, 6) is -4.54. The number of carbonyl (C=O) groups excluding carboxylic acids is 4. The van der Waals surface area contributed by atoms with Gasteiger partial charge in [0.1, 0.15) is 5.75 Å². The number of benzene rings is 2. The van der Waals surface area contributed by atoms with Gasteiger partial charge in [0.05, 0.1) is 17.3 Å². The Morgan fingerprint density at radius 2 is 1.66 bits per heavy atom. The first-order chi connectivity index (χ1) is 19.6. The highest BCUT2D eigenvalue weighted by Crippen LogP contribution is 2.66. The number of imide groups is 2. The predicted molar refractivity (Wildman–Crippen MR) is 158 cm³/mol. The molecule has 5 aliphatic rings. The Labute approximate surface area is 255 Å². The summed E-state index contributed by atoms with van der Waals surface area (Å²) in [6.45, 7) is 0. The van der Waals surface area contributed by atoms with E-state index in [0.29, 0.717) is 22.9 Å². The summed E-state index contributed by atoms with van der Waals surface area (Å²) in [5, 5.41) is 13.0. The molecule has 0 spiro atoms. The molecule has 2 aliphatic heterocycles. The Morgan fingerprint density at radius 1 is 0.927 bits per heavy atom. The smallest absolute Gasteiger partial charge is 0.254 e. The molecule has 2 saturated carbocycles. The van der Waals surface area contributed by atoms with Crippen LogP contribution >= 0.6 is 39.1 Å². The van der Waals surface area contributed by atoms with Gasteiger partial charge in [0.25, 0.3) is 11.8 Å². The molecule has 2 aromatic carbocycles. The van der Waals surface area contributed by atoms with Crippen molar-refractivity contribution in [2.45, 2.75) is 66.7 Å². The maximum Gasteiger partial charge on any atom is 0.254 e. The van der Waals surface area contributed by atoms with Crippen LogP contribution in [-0.4, -0.2) is 59.8 Å². The molecule has 0 bridgehead atoms. The van der Waals surface area contributed by atoms with Gasteiger partial charge < -0.3 is 5.11 Å². The first-order valence-corrected chi connectivity index (χ1v) is 16.1. The average molecular weight is 660 g/mol. The minimum absolute atomic E-state index is 0.0500. The van der Waals surface area contributed by atoms with Gasteiger partial charge in [-0.1, -0.05) is 83.2 Å². The van der Waals surface area contributed by atoms with E-state index in [4.69, 9.17) is 23.2 Å². The largest absolute Gasteiger partial charge is 0.507 e. The van der Waals surface area contributed by atoms with Gasteiger partial charge in [-0.25, -0.2) is 0 Å². The van der Waals surface area contributed by atoms with Crippen molar-refractivity contribution in [2.75, 3.05) is 5.45 Å². The maximum absolute atomic E-state index is 14.1. The second-order valence-corrected chi connectivity index (χ2v) is 13.8. The van der Waals surface area contributed by atoms with E-state index in [9.17, 15) is 24.3 Å². The van der Waals surface area contributed by atoms with Gasteiger partial charge in [0.15, 0.2) is 9.75 Å². The summed E-state index contributed by atoms with van der Waals surface area (Å²) in [5.41, 5.74) is 0.969. The van der Waals surface area contributed by atoms with Gasteiger partial charge in [-0.2, -0.15) is 0 Å². The van der Waals surface area contributed by atoms with E-state index in [0.717, 1.165) is 42.4 Å². The van der Waals surface area contributed by atoms with Crippen molar-refractivity contribution in [3.8, 4) is 5.75 Å². The molecule has 6 atom stereocenters. The summed E-state index contributed by atoms with van der Waals surface area (Å²) in [6, 6.07) is 10.8. The number of amides is 4. The number of halogens is 3. The van der Waals surface area contributed by atoms with Crippen molar-refractivity contribution in [3.05, 3.63) is 53.6 Å². The molecule has 1 N–H and O–H groups in total. The lowest BCUT2D eigenvalue weighted by Crippen LogP contribution is -2.60. The third-order valence-corrected chi connectivity index (χ3v) is 12.1. The van der Waals surface area contributed by atoms with Crippen molar-refractivity contribution in [1.29, 1.82) is 0 Å². The maximum atomic E-state index is 14.1. The Hall–Kier alpha value is -2.42. The van der Waals surface area contributed by atoms with Crippen LogP contribution in [0.3, 0.4) is 0 Å². The third kappa shape index (κ3) is 3.50. The van der Waals surface area contributed by atoms with E-state index in [-0.39, 0.29) is 35.5 Å². The minimum Gasteiger partial charge on any atom is -0.507 e. The molecule has 7 nitrogen and oxygen atoms in total. The van der Waals surface area contributed by atoms with Crippen molar-refractivity contribution in [1.82, 2.24) is 9.80 Å². The molecule has 10 heteroatoms. The number of carbonyl (C=O) groups is 4. The predicted octanol–water partition coefficient (Wildman–Crippen LogP) is 5.59. The number of alkyl halides is 3. The lowest BCUT2D eigenvalue weighted by Gasteiger charge is -2.50. The fraction of sp³-hybridized carbons (Fsp3) is 0.484. The van der Waals surface area contributed by atoms with Crippen LogP contribution in [0.1, 0.15) is 56.4 Å². The fourth-order valence-electron chi connectivity index (χ4n) is 8.33. The first-order valence-electron chi connectivity index (χ1n) is 14.2. The second kappa shape index (κ2) is 9.55. The molecule has 6 unspecified atom stereocenters. The van der Waals surface area contributed by atoms with E-state index in [1.54, 1.807) is 12.1 Å². The standard InChI is InChI=1S/C31H29BrCl2N2O5/c32-15-35-28(40)30(33)14-22-19(12-13-20-23(22)27(39)36(26(20)38)17-7-2-1-3-8-17)24(31(30,34)29(35)41)21-11-10-16-6-4-5-9-18(16)25(21)37/h4-6,9-12,17,20,22-24,37H,1-3,7-8,13-15H2. The van der Waals surface area contributed by atoms with Crippen LogP contribution in [0.2, 0.25) is 0 Å². The summed E-state index contributed by atoms with van der Waals surface area (Å²) >= 11 is 17.9. The average Bonchev–Trinajstić information content (AvgIpc) is 3.32. The highest BCUT2D eigenvalue weighted by atomic mass is 79.9. The Kier molecular flexibility index (Phi) is 6.38. The van der Waals surface area contributed by atoms with Crippen LogP contribution in [0.25, 0.3) is 10.8 Å². The second-order valence-electron chi connectivity index (χ2n) is 12.0. The van der Waals surface area contributed by atoms with Gasteiger partial charge in [-0.15, -0.1) is 23.2 Å². The van der Waals surface area contributed by atoms with Gasteiger partial charge in [0, 0.05) is 22.9 Å². The van der Waals surface area contributed by atoms with Crippen molar-refractivity contribution in [3.63, 3.8) is 0 Å². The number of nitrogens with zero attached hydrogens (tertiary/aromatic N) is 2. The van der Waals surface area contributed by atoms with Crippen molar-refractivity contribution < 1.29 is 24.3 Å². The molecule has 4 amide bonds. The molecule has 0 radical (unpaired) electrons. The summed E-state index contributed by atoms with van der Waals surface area (Å²) in [4.78, 5) is 54.3. The number of rotatable bonds is 3. The van der Waals surface area contributed by atoms with Crippen molar-refractivity contribution >= 4 is 73.5 Å². The third-order valence-electron chi connectivity index (χ3n) is 10.2. The molecule has 2 heterocycles. The minimum atomic E-state index is -1.94. The summed E-state index contributed by atoms with van der Waals surface area (Å²) in [7, 11) is 0. The molecule has 4 fully saturated rings.